The van der Waals surface area contributed by atoms with E-state index in [9.17, 15) is 19.2 Å². The van der Waals surface area contributed by atoms with Crippen LogP contribution in [0.15, 0.2) is 21.7 Å². The molecule has 0 spiro atoms. The Balaban J connectivity index is 1.77. The molecule has 0 amide bonds. The Morgan fingerprint density at radius 2 is 1.13 bits per heavy atom. The number of aromatic nitrogens is 2. The highest BCUT2D eigenvalue weighted by atomic mass is 32.1. The predicted molar refractivity (Wildman–Crippen MR) is 121 cm³/mol. The van der Waals surface area contributed by atoms with E-state index >= 15 is 0 Å². The molecule has 0 aliphatic rings. The number of rotatable bonds is 6. The number of Topliss-reactive ketones (excluding diaryl/α,β-unsaturated/α-hetero) is 2. The molecule has 8 heteroatoms. The van der Waals surface area contributed by atoms with Gasteiger partial charge >= 0.3 is 0 Å². The molecule has 0 aliphatic heterocycles. The quantitative estimate of drug-likeness (QED) is 0.356. The first-order valence-electron chi connectivity index (χ1n) is 9.80. The van der Waals surface area contributed by atoms with Gasteiger partial charge < -0.3 is 0 Å². The number of benzene rings is 1. The van der Waals surface area contributed by atoms with Gasteiger partial charge in [0.15, 0.2) is 21.6 Å². The van der Waals surface area contributed by atoms with Crippen molar-refractivity contribution in [3.63, 3.8) is 0 Å². The summed E-state index contributed by atoms with van der Waals surface area (Å²) < 4.78 is 0.885. The Morgan fingerprint density at radius 3 is 1.50 bits per heavy atom. The van der Waals surface area contributed by atoms with Crippen molar-refractivity contribution >= 4 is 76.2 Å². The summed E-state index contributed by atoms with van der Waals surface area (Å²) in [4.78, 5) is 59.2. The Kier molecular flexibility index (Phi) is 4.37. The minimum absolute atomic E-state index is 0.0702. The van der Waals surface area contributed by atoms with E-state index in [1.54, 1.807) is 12.1 Å². The van der Waals surface area contributed by atoms with Gasteiger partial charge in [0.05, 0.1) is 11.0 Å². The molecule has 0 saturated heterocycles. The average molecular weight is 437 g/mol. The summed E-state index contributed by atoms with van der Waals surface area (Å²) in [6.45, 7) is 3.84. The zero-order valence-corrected chi connectivity index (χ0v) is 18.0. The van der Waals surface area contributed by atoms with Crippen LogP contribution in [0.5, 0.6) is 0 Å². The zero-order valence-electron chi connectivity index (χ0n) is 16.3. The van der Waals surface area contributed by atoms with Gasteiger partial charge in [-0.25, -0.2) is 9.97 Å². The van der Waals surface area contributed by atoms with Crippen LogP contribution in [0.3, 0.4) is 0 Å². The van der Waals surface area contributed by atoms with Crippen LogP contribution >= 0.6 is 22.7 Å². The predicted octanol–water partition coefficient (Wildman–Crippen LogP) is 4.77. The number of hydrogen-bond donors (Lipinski definition) is 0. The van der Waals surface area contributed by atoms with Crippen molar-refractivity contribution in [1.29, 1.82) is 0 Å². The molecule has 0 fully saturated rings. The van der Waals surface area contributed by atoms with Crippen LogP contribution in [0.4, 0.5) is 0 Å². The summed E-state index contributed by atoms with van der Waals surface area (Å²) in [7, 11) is 0. The first kappa shape index (κ1) is 19.1. The second-order valence-electron chi connectivity index (χ2n) is 7.34. The third-order valence-electron chi connectivity index (χ3n) is 5.26. The second-order valence-corrected chi connectivity index (χ2v) is 9.34. The molecule has 3 aromatic carbocycles. The van der Waals surface area contributed by atoms with Gasteiger partial charge in [0.1, 0.15) is 9.40 Å². The maximum absolute atomic E-state index is 13.0. The van der Waals surface area contributed by atoms with Crippen molar-refractivity contribution in [2.45, 2.75) is 39.5 Å². The van der Waals surface area contributed by atoms with E-state index < -0.39 is 0 Å². The topological polar surface area (TPSA) is 94.1 Å². The summed E-state index contributed by atoms with van der Waals surface area (Å²) in [6, 6.07) is 3.37. The van der Waals surface area contributed by atoms with Gasteiger partial charge in [0, 0.05) is 34.4 Å². The molecule has 0 bridgehead atoms. The maximum atomic E-state index is 13.0. The Labute approximate surface area is 177 Å². The normalized spacial score (nSPS) is 12.1. The van der Waals surface area contributed by atoms with E-state index in [0.29, 0.717) is 77.7 Å². The summed E-state index contributed by atoms with van der Waals surface area (Å²) >= 11 is 2.24. The van der Waals surface area contributed by atoms with Gasteiger partial charge in [0.2, 0.25) is 10.9 Å². The molecule has 150 valence electrons. The lowest BCUT2D eigenvalue weighted by Crippen LogP contribution is -1.98. The molecule has 0 N–H and O–H groups in total. The first-order valence-corrected chi connectivity index (χ1v) is 11.4. The van der Waals surface area contributed by atoms with E-state index in [1.807, 2.05) is 13.8 Å². The lowest BCUT2D eigenvalue weighted by atomic mass is 10.1. The van der Waals surface area contributed by atoms with Gasteiger partial charge in [-0.3, -0.25) is 19.2 Å². The van der Waals surface area contributed by atoms with Gasteiger partial charge in [-0.1, -0.05) is 13.8 Å². The van der Waals surface area contributed by atoms with Crippen molar-refractivity contribution in [2.75, 3.05) is 0 Å². The van der Waals surface area contributed by atoms with E-state index in [2.05, 4.69) is 9.97 Å². The van der Waals surface area contributed by atoms with Crippen LogP contribution < -0.4 is 10.9 Å². The van der Waals surface area contributed by atoms with Gasteiger partial charge in [0.25, 0.3) is 0 Å². The van der Waals surface area contributed by atoms with E-state index in [-0.39, 0.29) is 22.4 Å². The number of nitrogens with zero attached hydrogens (tertiary/aromatic N) is 2. The van der Waals surface area contributed by atoms with Crippen LogP contribution in [0.2, 0.25) is 0 Å². The molecule has 5 aromatic rings. The fraction of sp³-hybridized carbons (Fsp3) is 0.273. The van der Waals surface area contributed by atoms with Crippen LogP contribution in [0, 0.1) is 0 Å². The molecule has 0 aliphatic carbocycles. The number of ketones is 2. The van der Waals surface area contributed by atoms with Crippen molar-refractivity contribution < 1.29 is 9.59 Å². The summed E-state index contributed by atoms with van der Waals surface area (Å²) in [5.41, 5.74) is 0.595. The Hall–Kier alpha value is -2.84. The summed E-state index contributed by atoms with van der Waals surface area (Å²) in [6.07, 6.45) is 2.21. The lowest BCUT2D eigenvalue weighted by molar-refractivity contribution is 0.0973. The Bertz CT molecular complexity index is 1480. The largest absolute Gasteiger partial charge is 0.292 e. The molecule has 0 unspecified atom stereocenters. The monoisotopic (exact) mass is 436 g/mol. The van der Waals surface area contributed by atoms with Crippen LogP contribution in [-0.2, 0) is 0 Å². The highest BCUT2D eigenvalue weighted by Gasteiger charge is 2.23. The molecule has 2 aromatic heterocycles. The van der Waals surface area contributed by atoms with E-state index in [4.69, 9.17) is 0 Å². The van der Waals surface area contributed by atoms with Gasteiger partial charge in [-0.05, 0) is 25.0 Å². The van der Waals surface area contributed by atoms with Crippen LogP contribution in [0.1, 0.15) is 59.1 Å². The second kappa shape index (κ2) is 6.85. The van der Waals surface area contributed by atoms with Crippen LogP contribution in [-0.4, -0.2) is 21.5 Å². The minimum atomic E-state index is -0.186. The fourth-order valence-electron chi connectivity index (χ4n) is 3.83. The molecule has 30 heavy (non-hydrogen) atoms. The van der Waals surface area contributed by atoms with Crippen molar-refractivity contribution in [2.24, 2.45) is 0 Å². The number of thiazole rings is 2. The first-order chi connectivity index (χ1) is 14.4. The fourth-order valence-corrected chi connectivity index (χ4v) is 5.83. The Morgan fingerprint density at radius 1 is 0.733 bits per heavy atom. The maximum Gasteiger partial charge on any atom is 0.205 e. The van der Waals surface area contributed by atoms with E-state index in [1.165, 1.54) is 0 Å². The summed E-state index contributed by atoms with van der Waals surface area (Å²) in [5, 5.41) is 2.79. The number of carbonyl (C=O) groups excluding carboxylic acids is 2. The SMILES string of the molecule is CCCC(=O)c1nc2c(s1)c(=O)c1cc3c(cc12)c(=O)c1sc(C(=O)CCC)nc13. The number of carbonyl (C=O) groups is 2. The highest BCUT2D eigenvalue weighted by Crippen LogP contribution is 2.35. The average Bonchev–Trinajstić information content (AvgIpc) is 3.45. The molecule has 5 rings (SSSR count). The molecule has 0 saturated carbocycles. The number of fused-ring (bicyclic) bond motifs is 6. The molecule has 2 heterocycles. The third kappa shape index (κ3) is 2.60. The third-order valence-corrected chi connectivity index (χ3v) is 7.45. The number of hydrogen-bond acceptors (Lipinski definition) is 8. The zero-order chi connectivity index (χ0) is 21.2. The van der Waals surface area contributed by atoms with Gasteiger partial charge in [-0.2, -0.15) is 0 Å². The highest BCUT2D eigenvalue weighted by molar-refractivity contribution is 7.21. The standard InChI is InChI=1S/C22H16N2O4S2/c1-3-5-13(25)21-23-15-9-7-12-10(8-11(9)17(27)19(15)29-21)16-20(18(12)28)30-22(24-16)14(26)6-4-2/h7-8H,3-6H2,1-2H3. The molecule has 0 atom stereocenters. The molecular weight excluding hydrogens is 420 g/mol. The smallest absolute Gasteiger partial charge is 0.205 e. The van der Waals surface area contributed by atoms with Gasteiger partial charge in [-0.15, -0.1) is 22.7 Å². The lowest BCUT2D eigenvalue weighted by Gasteiger charge is -1.94. The summed E-state index contributed by atoms with van der Waals surface area (Å²) in [5.74, 6) is -0.140. The van der Waals surface area contributed by atoms with Crippen molar-refractivity contribution in [1.82, 2.24) is 9.97 Å². The van der Waals surface area contributed by atoms with Crippen molar-refractivity contribution in [3.8, 4) is 0 Å². The van der Waals surface area contributed by atoms with E-state index in [0.717, 1.165) is 22.7 Å². The molecule has 0 radical (unpaired) electrons. The molecular formula is C22H16N2O4S2. The minimum Gasteiger partial charge on any atom is -0.292 e. The van der Waals surface area contributed by atoms with Crippen molar-refractivity contribution in [3.05, 3.63) is 42.6 Å². The molecule has 6 nitrogen and oxygen atoms in total. The van der Waals surface area contributed by atoms with Crippen LogP contribution in [0.25, 0.3) is 42.0 Å².